The number of nitrogens with zero attached hydrogens (tertiary/aromatic N) is 3. The van der Waals surface area contributed by atoms with Crippen molar-refractivity contribution in [1.82, 2.24) is 9.80 Å². The van der Waals surface area contributed by atoms with Crippen LogP contribution in [0.5, 0.6) is 5.75 Å². The minimum absolute atomic E-state index is 0.118. The molecule has 0 fully saturated rings. The number of amidine groups is 1. The molecule has 2 aliphatic heterocycles. The van der Waals surface area contributed by atoms with Crippen molar-refractivity contribution in [3.05, 3.63) is 64.2 Å². The van der Waals surface area contributed by atoms with Gasteiger partial charge in [-0.15, -0.1) is 24.8 Å². The molecule has 1 atom stereocenters. The second-order valence-corrected chi connectivity index (χ2v) is 7.70. The second-order valence-electron chi connectivity index (χ2n) is 7.43. The molecule has 10 heteroatoms. The number of carbonyl (C=O) groups excluding carboxylic acids is 1. The Bertz CT molecular complexity index is 1040. The number of benzene rings is 2. The van der Waals surface area contributed by atoms with Gasteiger partial charge in [0.1, 0.15) is 5.75 Å². The highest BCUT2D eigenvalue weighted by Gasteiger charge is 2.34. The van der Waals surface area contributed by atoms with Gasteiger partial charge in [-0.25, -0.2) is 0 Å². The van der Waals surface area contributed by atoms with E-state index >= 15 is 0 Å². The average molecular weight is 454 g/mol. The molecule has 2 heterocycles. The summed E-state index contributed by atoms with van der Waals surface area (Å²) in [6, 6.07) is 9.33. The normalized spacial score (nSPS) is 18.2. The molecule has 0 N–H and O–H groups in total. The van der Waals surface area contributed by atoms with E-state index in [0.29, 0.717) is 23.5 Å². The zero-order valence-corrected chi connectivity index (χ0v) is 17.5. The number of fused-ring (bicyclic) bond motifs is 1. The smallest absolute Gasteiger partial charge is 0.406 e. The Morgan fingerprint density at radius 3 is 2.58 bits per heavy atom. The summed E-state index contributed by atoms with van der Waals surface area (Å²) in [5.74, 6) is 0.441. The molecule has 0 spiro atoms. The molecule has 1 amide bonds. The van der Waals surface area contributed by atoms with Gasteiger partial charge in [0.25, 0.3) is 5.91 Å². The highest BCUT2D eigenvalue weighted by molar-refractivity contribution is 6.28. The molecule has 0 saturated carbocycles. The van der Waals surface area contributed by atoms with Gasteiger partial charge in [-0.05, 0) is 47.9 Å². The zero-order valence-electron chi connectivity index (χ0n) is 16.7. The predicted molar refractivity (Wildman–Crippen MR) is 108 cm³/mol. The maximum Gasteiger partial charge on any atom is 0.573 e. The van der Waals surface area contributed by atoms with E-state index in [9.17, 15) is 18.0 Å². The maximum atomic E-state index is 12.9. The Balaban J connectivity index is 1.50. The Morgan fingerprint density at radius 1 is 1.26 bits per heavy atom. The summed E-state index contributed by atoms with van der Waals surface area (Å²) in [5, 5.41) is 3.98. The number of aryl methyl sites for hydroxylation is 1. The number of rotatable bonds is 5. The van der Waals surface area contributed by atoms with Crippen LogP contribution in [0, 0.1) is 6.92 Å². The first kappa shape index (κ1) is 21.3. The van der Waals surface area contributed by atoms with Gasteiger partial charge in [-0.1, -0.05) is 17.3 Å². The number of carbonyl (C=O) groups is 1. The molecule has 4 rings (SSSR count). The highest BCUT2D eigenvalue weighted by Crippen LogP contribution is 2.34. The van der Waals surface area contributed by atoms with Crippen LogP contribution in [0.4, 0.5) is 13.2 Å². The van der Waals surface area contributed by atoms with Crippen LogP contribution >= 0.6 is 11.6 Å². The maximum absolute atomic E-state index is 12.9. The lowest BCUT2D eigenvalue weighted by molar-refractivity contribution is -0.274. The monoisotopic (exact) mass is 453 g/mol. The van der Waals surface area contributed by atoms with Crippen LogP contribution in [-0.4, -0.2) is 40.8 Å². The Morgan fingerprint density at radius 2 is 1.97 bits per heavy atom. The molecule has 1 unspecified atom stereocenters. The molecule has 6 nitrogen and oxygen atoms in total. The second kappa shape index (κ2) is 7.96. The summed E-state index contributed by atoms with van der Waals surface area (Å²) in [6.45, 7) is 2.53. The van der Waals surface area contributed by atoms with Crippen molar-refractivity contribution in [3.63, 3.8) is 0 Å². The number of hydrogen-bond donors (Lipinski definition) is 0. The highest BCUT2D eigenvalue weighted by atomic mass is 35.5. The molecule has 2 aromatic rings. The Hall–Kier alpha value is -2.94. The zero-order chi connectivity index (χ0) is 22.3. The van der Waals surface area contributed by atoms with Gasteiger partial charge in [-0.3, -0.25) is 4.79 Å². The van der Waals surface area contributed by atoms with E-state index in [4.69, 9.17) is 16.4 Å². The van der Waals surface area contributed by atoms with Gasteiger partial charge >= 0.3 is 6.36 Å². The average Bonchev–Trinajstić information content (AvgIpc) is 3.22. The molecule has 2 aliphatic rings. The molecule has 164 valence electrons. The molecule has 31 heavy (non-hydrogen) atoms. The number of alkyl halides is 4. The van der Waals surface area contributed by atoms with E-state index in [1.165, 1.54) is 24.3 Å². The summed E-state index contributed by atoms with van der Waals surface area (Å²) in [6.07, 6.45) is -5.15. The number of ether oxygens (including phenoxy) is 1. The third kappa shape index (κ3) is 4.27. The first-order chi connectivity index (χ1) is 14.7. The number of amides is 1. The van der Waals surface area contributed by atoms with Crippen molar-refractivity contribution in [2.75, 3.05) is 12.9 Å². The van der Waals surface area contributed by atoms with E-state index in [2.05, 4.69) is 9.89 Å². The first-order valence-corrected chi connectivity index (χ1v) is 9.98. The summed E-state index contributed by atoms with van der Waals surface area (Å²) in [5.41, 5.74) is 3.90. The van der Waals surface area contributed by atoms with Gasteiger partial charge in [0, 0.05) is 31.3 Å². The quantitative estimate of drug-likeness (QED) is 0.623. The largest absolute Gasteiger partial charge is 0.573 e. The molecule has 0 aromatic heterocycles. The van der Waals surface area contributed by atoms with E-state index < -0.39 is 12.6 Å². The minimum atomic E-state index is -4.74. The fourth-order valence-electron chi connectivity index (χ4n) is 3.83. The molecule has 0 saturated heterocycles. The van der Waals surface area contributed by atoms with E-state index in [0.717, 1.165) is 16.7 Å². The van der Waals surface area contributed by atoms with Crippen molar-refractivity contribution in [2.45, 2.75) is 32.6 Å². The van der Waals surface area contributed by atoms with Crippen molar-refractivity contribution < 1.29 is 27.5 Å². The molecule has 0 radical (unpaired) electrons. The Labute approximate surface area is 181 Å². The van der Waals surface area contributed by atoms with E-state index in [-0.39, 0.29) is 24.1 Å². The van der Waals surface area contributed by atoms with Gasteiger partial charge in [0.2, 0.25) is 6.23 Å². The Kier molecular flexibility index (Phi) is 5.47. The predicted octanol–water partition coefficient (Wildman–Crippen LogP) is 4.56. The summed E-state index contributed by atoms with van der Waals surface area (Å²) >= 11 is 5.87. The van der Waals surface area contributed by atoms with E-state index in [1.807, 2.05) is 31.0 Å². The third-order valence-electron chi connectivity index (χ3n) is 5.25. The number of oxime groups is 1. The molecular formula is C21H19ClF3N3O3. The fraction of sp³-hybridized carbons (Fsp3) is 0.333. The fourth-order valence-corrected chi connectivity index (χ4v) is 4.07. The third-order valence-corrected chi connectivity index (χ3v) is 5.49. The van der Waals surface area contributed by atoms with Gasteiger partial charge in [0.15, 0.2) is 5.84 Å². The van der Waals surface area contributed by atoms with Gasteiger partial charge in [0.05, 0.1) is 5.88 Å². The number of halogens is 4. The van der Waals surface area contributed by atoms with Crippen LogP contribution in [-0.2, 0) is 17.9 Å². The molecule has 2 aromatic carbocycles. The SMILES string of the molecule is Cc1cc(C2ON=C(CCl)N2C)cc2c1C(=O)N(Cc1ccc(OC(F)(F)F)cc1)C2. The summed E-state index contributed by atoms with van der Waals surface area (Å²) in [4.78, 5) is 21.9. The molecule has 0 bridgehead atoms. The van der Waals surface area contributed by atoms with Crippen molar-refractivity contribution in [3.8, 4) is 5.75 Å². The van der Waals surface area contributed by atoms with Crippen LogP contribution in [0.25, 0.3) is 0 Å². The van der Waals surface area contributed by atoms with Crippen molar-refractivity contribution >= 4 is 23.3 Å². The summed E-state index contributed by atoms with van der Waals surface area (Å²) < 4.78 is 40.8. The first-order valence-electron chi connectivity index (χ1n) is 9.45. The number of hydrogen-bond acceptors (Lipinski definition) is 5. The van der Waals surface area contributed by atoms with Crippen molar-refractivity contribution in [1.29, 1.82) is 0 Å². The van der Waals surface area contributed by atoms with Crippen LogP contribution < -0.4 is 4.74 Å². The standard InChI is InChI=1S/C21H19ClF3N3O3/c1-12-7-14(20-27(2)17(9-22)26-31-20)8-15-11-28(19(29)18(12)15)10-13-3-5-16(6-4-13)30-21(23,24)25/h3-8,20H,9-11H2,1-2H3. The van der Waals surface area contributed by atoms with Crippen molar-refractivity contribution in [2.24, 2.45) is 5.16 Å². The van der Waals surface area contributed by atoms with Gasteiger partial charge in [-0.2, -0.15) is 0 Å². The van der Waals surface area contributed by atoms with Gasteiger partial charge < -0.3 is 19.4 Å². The van der Waals surface area contributed by atoms with Crippen LogP contribution in [0.1, 0.15) is 38.8 Å². The lowest BCUT2D eigenvalue weighted by Gasteiger charge is -2.21. The van der Waals surface area contributed by atoms with Crippen LogP contribution in [0.15, 0.2) is 41.6 Å². The van der Waals surface area contributed by atoms with Crippen LogP contribution in [0.2, 0.25) is 0 Å². The molecule has 0 aliphatic carbocycles. The lowest BCUT2D eigenvalue weighted by atomic mass is 9.99. The van der Waals surface area contributed by atoms with Crippen LogP contribution in [0.3, 0.4) is 0 Å². The lowest BCUT2D eigenvalue weighted by Crippen LogP contribution is -2.27. The van der Waals surface area contributed by atoms with E-state index in [1.54, 1.807) is 4.90 Å². The molecular weight excluding hydrogens is 435 g/mol. The topological polar surface area (TPSA) is 54.4 Å². The minimum Gasteiger partial charge on any atom is -0.406 e. The summed E-state index contributed by atoms with van der Waals surface area (Å²) in [7, 11) is 1.84.